The van der Waals surface area contributed by atoms with Crippen molar-refractivity contribution >= 4 is 29.1 Å². The first-order valence-electron chi connectivity index (χ1n) is 5.29. The van der Waals surface area contributed by atoms with E-state index in [1.165, 1.54) is 6.33 Å². The van der Waals surface area contributed by atoms with Crippen molar-refractivity contribution in [1.29, 1.82) is 0 Å². The van der Waals surface area contributed by atoms with E-state index in [2.05, 4.69) is 15.3 Å². The number of nitrogens with zero attached hydrogens (tertiary/aromatic N) is 3. The van der Waals surface area contributed by atoms with Crippen LogP contribution in [0.25, 0.3) is 0 Å². The van der Waals surface area contributed by atoms with Gasteiger partial charge in [-0.15, -0.1) is 0 Å². The van der Waals surface area contributed by atoms with E-state index in [-0.39, 0.29) is 23.3 Å². The number of hydrogen-bond donors (Lipinski definition) is 2. The predicted molar refractivity (Wildman–Crippen MR) is 69.6 cm³/mol. The summed E-state index contributed by atoms with van der Waals surface area (Å²) in [5, 5.41) is 2.94. The highest BCUT2D eigenvalue weighted by atomic mass is 35.5. The molecule has 1 heterocycles. The number of hydrogen-bond acceptors (Lipinski definition) is 6. The molecule has 1 aromatic rings. The molecule has 0 aliphatic rings. The van der Waals surface area contributed by atoms with Crippen molar-refractivity contribution in [2.75, 3.05) is 44.5 Å². The second-order valence-electron chi connectivity index (χ2n) is 3.60. The number of anilines is 2. The van der Waals surface area contributed by atoms with E-state index in [1.54, 1.807) is 19.1 Å². The summed E-state index contributed by atoms with van der Waals surface area (Å²) in [5.74, 6) is 0.460. The first-order chi connectivity index (χ1) is 8.56. The van der Waals surface area contributed by atoms with Gasteiger partial charge in [0.05, 0.1) is 13.2 Å². The lowest BCUT2D eigenvalue weighted by atomic mass is 10.4. The minimum atomic E-state index is -0.150. The number of ether oxygens (including phenoxy) is 1. The molecular formula is C10H16ClN5O2. The fourth-order valence-corrected chi connectivity index (χ4v) is 1.52. The molecule has 1 amide bonds. The Hall–Kier alpha value is -1.60. The number of likely N-dealkylation sites (N-methyl/N-ethyl adjacent to an activating group) is 1. The van der Waals surface area contributed by atoms with Crippen molar-refractivity contribution in [2.24, 2.45) is 0 Å². The summed E-state index contributed by atoms with van der Waals surface area (Å²) < 4.78 is 4.83. The largest absolute Gasteiger partial charge is 0.383 e. The van der Waals surface area contributed by atoms with Crippen molar-refractivity contribution in [1.82, 2.24) is 15.3 Å². The summed E-state index contributed by atoms with van der Waals surface area (Å²) in [7, 11) is 3.27. The number of carbonyl (C=O) groups excluding carboxylic acids is 1. The number of halogens is 1. The molecule has 0 aliphatic carbocycles. The molecule has 1 rings (SSSR count). The molecule has 0 atom stereocenters. The summed E-state index contributed by atoms with van der Waals surface area (Å²) in [6, 6.07) is 0. The van der Waals surface area contributed by atoms with E-state index >= 15 is 0 Å². The smallest absolute Gasteiger partial charge is 0.239 e. The average Bonchev–Trinajstić information content (AvgIpc) is 2.32. The number of nitrogens with two attached hydrogens (primary N) is 1. The van der Waals surface area contributed by atoms with Crippen molar-refractivity contribution < 1.29 is 9.53 Å². The fourth-order valence-electron chi connectivity index (χ4n) is 1.28. The average molecular weight is 274 g/mol. The standard InChI is InChI=1S/C10H16ClN5O2/c1-16(5-7(17)13-3-4-18-2)10-8(11)9(12)14-6-15-10/h6H,3-5H2,1-2H3,(H,13,17)(H2,12,14,15). The maximum absolute atomic E-state index is 11.6. The number of carbonyl (C=O) groups is 1. The fraction of sp³-hybridized carbons (Fsp3) is 0.500. The van der Waals surface area contributed by atoms with Crippen LogP contribution in [0.4, 0.5) is 11.6 Å². The Morgan fingerprint density at radius 3 is 3.00 bits per heavy atom. The molecule has 8 heteroatoms. The highest BCUT2D eigenvalue weighted by Gasteiger charge is 2.13. The van der Waals surface area contributed by atoms with E-state index in [0.29, 0.717) is 19.0 Å². The number of amides is 1. The number of nitrogen functional groups attached to an aromatic ring is 1. The third-order valence-electron chi connectivity index (χ3n) is 2.17. The molecule has 0 fully saturated rings. The summed E-state index contributed by atoms with van der Waals surface area (Å²) in [4.78, 5) is 20.9. The van der Waals surface area contributed by atoms with E-state index in [9.17, 15) is 4.79 Å². The maximum atomic E-state index is 11.6. The van der Waals surface area contributed by atoms with Crippen LogP contribution in [-0.2, 0) is 9.53 Å². The zero-order valence-electron chi connectivity index (χ0n) is 10.3. The Kier molecular flexibility index (Phi) is 5.60. The second-order valence-corrected chi connectivity index (χ2v) is 3.97. The summed E-state index contributed by atoms with van der Waals surface area (Å²) in [5.41, 5.74) is 5.56. The molecule has 0 bridgehead atoms. The molecule has 100 valence electrons. The Labute approximate surface area is 110 Å². The molecule has 0 saturated heterocycles. The van der Waals surface area contributed by atoms with Gasteiger partial charge in [-0.3, -0.25) is 4.79 Å². The van der Waals surface area contributed by atoms with Crippen molar-refractivity contribution in [3.8, 4) is 0 Å². The zero-order valence-corrected chi connectivity index (χ0v) is 11.1. The topological polar surface area (TPSA) is 93.4 Å². The normalized spacial score (nSPS) is 10.2. The van der Waals surface area contributed by atoms with Gasteiger partial charge in [-0.25, -0.2) is 9.97 Å². The van der Waals surface area contributed by atoms with Crippen LogP contribution in [0.1, 0.15) is 0 Å². The molecule has 1 aromatic heterocycles. The van der Waals surface area contributed by atoms with Gasteiger partial charge in [-0.2, -0.15) is 0 Å². The van der Waals surface area contributed by atoms with Gasteiger partial charge < -0.3 is 20.7 Å². The van der Waals surface area contributed by atoms with Crippen LogP contribution < -0.4 is 16.0 Å². The SMILES string of the molecule is COCCNC(=O)CN(C)c1ncnc(N)c1Cl. The summed E-state index contributed by atoms with van der Waals surface area (Å²) in [6.07, 6.45) is 1.30. The molecule has 0 aliphatic heterocycles. The van der Waals surface area contributed by atoms with Gasteiger partial charge in [0.25, 0.3) is 0 Å². The highest BCUT2D eigenvalue weighted by molar-refractivity contribution is 6.35. The lowest BCUT2D eigenvalue weighted by Gasteiger charge is -2.18. The number of methoxy groups -OCH3 is 1. The molecular weight excluding hydrogens is 258 g/mol. The van der Waals surface area contributed by atoms with Crippen LogP contribution in [-0.4, -0.2) is 49.7 Å². The third-order valence-corrected chi connectivity index (χ3v) is 2.53. The number of aromatic nitrogens is 2. The molecule has 0 unspecified atom stereocenters. The predicted octanol–water partition coefficient (Wildman–Crippen LogP) is -0.0890. The molecule has 7 nitrogen and oxygen atoms in total. The van der Waals surface area contributed by atoms with Crippen LogP contribution >= 0.6 is 11.6 Å². The zero-order chi connectivity index (χ0) is 13.5. The Balaban J connectivity index is 2.57. The van der Waals surface area contributed by atoms with Crippen LogP contribution in [0.15, 0.2) is 6.33 Å². The van der Waals surface area contributed by atoms with Gasteiger partial charge in [-0.1, -0.05) is 11.6 Å². The Morgan fingerprint density at radius 2 is 2.33 bits per heavy atom. The van der Waals surface area contributed by atoms with E-state index in [1.807, 2.05) is 0 Å². The van der Waals surface area contributed by atoms with Crippen LogP contribution in [0.5, 0.6) is 0 Å². The Bertz CT molecular complexity index is 415. The van der Waals surface area contributed by atoms with Crippen LogP contribution in [0, 0.1) is 0 Å². The van der Waals surface area contributed by atoms with Crippen LogP contribution in [0.3, 0.4) is 0 Å². The van der Waals surface area contributed by atoms with Crippen molar-refractivity contribution in [2.45, 2.75) is 0 Å². The number of nitrogens with one attached hydrogen (secondary N) is 1. The van der Waals surface area contributed by atoms with Gasteiger partial charge >= 0.3 is 0 Å². The summed E-state index contributed by atoms with van der Waals surface area (Å²) >= 11 is 5.95. The van der Waals surface area contributed by atoms with E-state index in [0.717, 1.165) is 0 Å². The van der Waals surface area contributed by atoms with Gasteiger partial charge in [0, 0.05) is 20.7 Å². The number of rotatable bonds is 6. The van der Waals surface area contributed by atoms with Gasteiger partial charge in [0.1, 0.15) is 17.2 Å². The minimum Gasteiger partial charge on any atom is -0.383 e. The molecule has 18 heavy (non-hydrogen) atoms. The Morgan fingerprint density at radius 1 is 1.61 bits per heavy atom. The maximum Gasteiger partial charge on any atom is 0.239 e. The minimum absolute atomic E-state index is 0.125. The first kappa shape index (κ1) is 14.5. The molecule has 0 spiro atoms. The van der Waals surface area contributed by atoms with Gasteiger partial charge in [0.2, 0.25) is 5.91 Å². The van der Waals surface area contributed by atoms with E-state index < -0.39 is 0 Å². The quantitative estimate of drug-likeness (QED) is 0.704. The van der Waals surface area contributed by atoms with Crippen molar-refractivity contribution in [3.05, 3.63) is 11.3 Å². The molecule has 0 aromatic carbocycles. The molecule has 0 radical (unpaired) electrons. The van der Waals surface area contributed by atoms with E-state index in [4.69, 9.17) is 22.1 Å². The van der Waals surface area contributed by atoms with Gasteiger partial charge in [0.15, 0.2) is 5.82 Å². The molecule has 0 saturated carbocycles. The van der Waals surface area contributed by atoms with Gasteiger partial charge in [-0.05, 0) is 0 Å². The highest BCUT2D eigenvalue weighted by Crippen LogP contribution is 2.25. The monoisotopic (exact) mass is 273 g/mol. The van der Waals surface area contributed by atoms with Crippen LogP contribution in [0.2, 0.25) is 5.02 Å². The third kappa shape index (κ3) is 4.01. The molecule has 3 N–H and O–H groups in total. The van der Waals surface area contributed by atoms with Crippen molar-refractivity contribution in [3.63, 3.8) is 0 Å². The lowest BCUT2D eigenvalue weighted by Crippen LogP contribution is -2.37. The first-order valence-corrected chi connectivity index (χ1v) is 5.66. The lowest BCUT2D eigenvalue weighted by molar-refractivity contribution is -0.119. The second kappa shape index (κ2) is 6.97. The summed E-state index contributed by atoms with van der Waals surface area (Å²) in [6.45, 7) is 1.05.